The molecule has 0 aliphatic heterocycles. The first-order chi connectivity index (χ1) is 9.79. The molecule has 4 aromatic rings. The van der Waals surface area contributed by atoms with Crippen molar-refractivity contribution in [1.29, 1.82) is 0 Å². The van der Waals surface area contributed by atoms with Crippen LogP contribution in [0.2, 0.25) is 0 Å². The maximum Gasteiger partial charge on any atom is 0.0400 e. The molecule has 0 aliphatic rings. The molecule has 0 fully saturated rings. The van der Waals surface area contributed by atoms with Crippen LogP contribution in [0.1, 0.15) is 18.9 Å². The van der Waals surface area contributed by atoms with Crippen molar-refractivity contribution < 1.29 is 0 Å². The first-order valence-electron chi connectivity index (χ1n) is 7.24. The lowest BCUT2D eigenvalue weighted by Gasteiger charge is -2.15. The lowest BCUT2D eigenvalue weighted by atomic mass is 9.90. The van der Waals surface area contributed by atoms with Crippen LogP contribution >= 0.6 is 0 Å². The van der Waals surface area contributed by atoms with E-state index in [1.54, 1.807) is 0 Å². The van der Waals surface area contributed by atoms with Crippen LogP contribution in [0.5, 0.6) is 0 Å². The van der Waals surface area contributed by atoms with Gasteiger partial charge in [-0.05, 0) is 45.0 Å². The minimum absolute atomic E-state index is 0.874. The van der Waals surface area contributed by atoms with Gasteiger partial charge in [-0.15, -0.1) is 0 Å². The Hall–Kier alpha value is -2.28. The van der Waals surface area contributed by atoms with Gasteiger partial charge >= 0.3 is 0 Å². The van der Waals surface area contributed by atoms with Crippen LogP contribution in [0, 0.1) is 0 Å². The van der Waals surface area contributed by atoms with E-state index in [1.165, 1.54) is 44.3 Å². The van der Waals surface area contributed by atoms with E-state index in [4.69, 9.17) is 5.73 Å². The van der Waals surface area contributed by atoms with Gasteiger partial charge in [-0.25, -0.2) is 0 Å². The molecule has 1 nitrogen and oxygen atoms in total. The molecule has 0 saturated carbocycles. The predicted octanol–water partition coefficient (Wildman–Crippen LogP) is 5.12. The van der Waals surface area contributed by atoms with E-state index >= 15 is 0 Å². The highest BCUT2D eigenvalue weighted by Crippen LogP contribution is 2.38. The summed E-state index contributed by atoms with van der Waals surface area (Å²) in [5.74, 6) is 0. The lowest BCUT2D eigenvalue weighted by Crippen LogP contribution is -1.93. The summed E-state index contributed by atoms with van der Waals surface area (Å²) >= 11 is 0. The van der Waals surface area contributed by atoms with Crippen molar-refractivity contribution in [3.8, 4) is 0 Å². The van der Waals surface area contributed by atoms with E-state index in [0.717, 1.165) is 12.1 Å². The number of hydrogen-bond acceptors (Lipinski definition) is 1. The summed E-state index contributed by atoms with van der Waals surface area (Å²) in [5, 5.41) is 7.78. The Kier molecular flexibility index (Phi) is 2.37. The van der Waals surface area contributed by atoms with Gasteiger partial charge in [-0.2, -0.15) is 0 Å². The maximum absolute atomic E-state index is 6.24. The fourth-order valence-corrected chi connectivity index (χ4v) is 3.40. The Bertz CT molecular complexity index is 921. The van der Waals surface area contributed by atoms with Crippen molar-refractivity contribution in [1.82, 2.24) is 0 Å². The molecule has 20 heavy (non-hydrogen) atoms. The Labute approximate surface area is 118 Å². The zero-order chi connectivity index (χ0) is 13.7. The first-order valence-corrected chi connectivity index (χ1v) is 7.24. The van der Waals surface area contributed by atoms with Crippen LogP contribution in [0.25, 0.3) is 32.3 Å². The number of aryl methyl sites for hydroxylation is 1. The van der Waals surface area contributed by atoms with Crippen LogP contribution in [0.15, 0.2) is 48.5 Å². The quantitative estimate of drug-likeness (QED) is 0.392. The third-order valence-electron chi connectivity index (χ3n) is 4.29. The van der Waals surface area contributed by atoms with Crippen LogP contribution in [0.3, 0.4) is 0 Å². The summed E-state index contributed by atoms with van der Waals surface area (Å²) in [4.78, 5) is 0. The molecule has 0 aromatic heterocycles. The Morgan fingerprint density at radius 2 is 1.65 bits per heavy atom. The van der Waals surface area contributed by atoms with Gasteiger partial charge in [0.2, 0.25) is 0 Å². The second kappa shape index (κ2) is 4.11. The van der Waals surface area contributed by atoms with E-state index in [-0.39, 0.29) is 0 Å². The van der Waals surface area contributed by atoms with Crippen LogP contribution in [-0.2, 0) is 6.42 Å². The summed E-state index contributed by atoms with van der Waals surface area (Å²) in [6.07, 6.45) is 2.30. The molecule has 4 aromatic carbocycles. The highest BCUT2D eigenvalue weighted by Gasteiger charge is 2.12. The van der Waals surface area contributed by atoms with Gasteiger partial charge in [-0.3, -0.25) is 0 Å². The Morgan fingerprint density at radius 1 is 0.850 bits per heavy atom. The van der Waals surface area contributed by atoms with Crippen LogP contribution in [0.4, 0.5) is 5.69 Å². The van der Waals surface area contributed by atoms with Gasteiger partial charge in [0.1, 0.15) is 0 Å². The second-order valence-corrected chi connectivity index (χ2v) is 5.56. The number of anilines is 1. The molecule has 0 unspecified atom stereocenters. The molecule has 0 saturated heterocycles. The largest absolute Gasteiger partial charge is 0.398 e. The molecular formula is C19H17N. The predicted molar refractivity (Wildman–Crippen MR) is 88.6 cm³/mol. The van der Waals surface area contributed by atoms with Gasteiger partial charge in [0.25, 0.3) is 0 Å². The average Bonchev–Trinajstić information content (AvgIpc) is 2.48. The van der Waals surface area contributed by atoms with Gasteiger partial charge in [-0.1, -0.05) is 55.8 Å². The zero-order valence-corrected chi connectivity index (χ0v) is 11.6. The summed E-state index contributed by atoms with van der Waals surface area (Å²) in [7, 11) is 0. The molecule has 0 heterocycles. The molecule has 0 spiro atoms. The van der Waals surface area contributed by atoms with Crippen LogP contribution in [-0.4, -0.2) is 0 Å². The lowest BCUT2D eigenvalue weighted by molar-refractivity contribution is 0.930. The van der Waals surface area contributed by atoms with E-state index in [1.807, 2.05) is 0 Å². The molecule has 0 amide bonds. The van der Waals surface area contributed by atoms with Crippen molar-refractivity contribution in [2.75, 3.05) is 5.73 Å². The van der Waals surface area contributed by atoms with Gasteiger partial charge < -0.3 is 5.73 Å². The van der Waals surface area contributed by atoms with Crippen molar-refractivity contribution in [3.05, 3.63) is 54.1 Å². The zero-order valence-electron chi connectivity index (χ0n) is 11.6. The summed E-state index contributed by atoms with van der Waals surface area (Å²) in [6.45, 7) is 2.23. The molecule has 4 rings (SSSR count). The van der Waals surface area contributed by atoms with Gasteiger partial charge in [0.05, 0.1) is 0 Å². The number of hydrogen-bond donors (Lipinski definition) is 1. The van der Waals surface area contributed by atoms with Crippen LogP contribution < -0.4 is 5.73 Å². The summed E-state index contributed by atoms with van der Waals surface area (Å²) < 4.78 is 0. The number of nitrogens with two attached hydrogens (primary N) is 1. The van der Waals surface area contributed by atoms with E-state index in [2.05, 4.69) is 55.5 Å². The third-order valence-corrected chi connectivity index (χ3v) is 4.29. The highest BCUT2D eigenvalue weighted by molar-refractivity contribution is 6.26. The number of nitrogen functional groups attached to an aromatic ring is 1. The van der Waals surface area contributed by atoms with Crippen molar-refractivity contribution in [2.45, 2.75) is 19.8 Å². The molecule has 98 valence electrons. The second-order valence-electron chi connectivity index (χ2n) is 5.56. The normalized spacial score (nSPS) is 11.8. The third kappa shape index (κ3) is 1.44. The average molecular weight is 259 g/mol. The Morgan fingerprint density at radius 3 is 2.50 bits per heavy atom. The van der Waals surface area contributed by atoms with Gasteiger partial charge in [0, 0.05) is 11.1 Å². The SMILES string of the molecule is CCCc1ccc2cc(N)c3cccc4ccc1c2c43. The maximum atomic E-state index is 6.24. The standard InChI is InChI=1S/C19H17N/c1-2-4-12-7-8-14-11-17(20)16-6-3-5-13-9-10-15(12)19(14)18(13)16/h3,5-11H,2,4,20H2,1H3. The first kappa shape index (κ1) is 11.5. The fourth-order valence-electron chi connectivity index (χ4n) is 3.40. The van der Waals surface area contributed by atoms with E-state index in [0.29, 0.717) is 0 Å². The van der Waals surface area contributed by atoms with Crippen molar-refractivity contribution >= 4 is 38.0 Å². The van der Waals surface area contributed by atoms with E-state index in [9.17, 15) is 0 Å². The van der Waals surface area contributed by atoms with Gasteiger partial charge in [0.15, 0.2) is 0 Å². The fraction of sp³-hybridized carbons (Fsp3) is 0.158. The number of rotatable bonds is 2. The smallest absolute Gasteiger partial charge is 0.0400 e. The molecule has 0 aliphatic carbocycles. The molecule has 2 N–H and O–H groups in total. The molecule has 0 bridgehead atoms. The number of benzene rings is 4. The summed E-state index contributed by atoms with van der Waals surface area (Å²) in [5.41, 5.74) is 8.55. The van der Waals surface area contributed by atoms with E-state index < -0.39 is 0 Å². The minimum atomic E-state index is 0.874. The molecular weight excluding hydrogens is 242 g/mol. The Balaban J connectivity index is 2.30. The molecule has 0 atom stereocenters. The monoisotopic (exact) mass is 259 g/mol. The minimum Gasteiger partial charge on any atom is -0.398 e. The molecule has 1 heteroatoms. The van der Waals surface area contributed by atoms with Crippen molar-refractivity contribution in [2.24, 2.45) is 0 Å². The van der Waals surface area contributed by atoms with Crippen molar-refractivity contribution in [3.63, 3.8) is 0 Å². The molecule has 0 radical (unpaired) electrons. The highest BCUT2D eigenvalue weighted by atomic mass is 14.6. The topological polar surface area (TPSA) is 26.0 Å². The summed E-state index contributed by atoms with van der Waals surface area (Å²) in [6, 6.07) is 17.5.